The van der Waals surface area contributed by atoms with Crippen molar-refractivity contribution in [3.05, 3.63) is 34.3 Å². The van der Waals surface area contributed by atoms with Crippen molar-refractivity contribution >= 4 is 21.8 Å². The van der Waals surface area contributed by atoms with Gasteiger partial charge in [0, 0.05) is 17.4 Å². The number of carbonyl (C=O) groups excluding carboxylic acids is 1. The van der Waals surface area contributed by atoms with Crippen LogP contribution in [0, 0.1) is 0 Å². The van der Waals surface area contributed by atoms with Crippen LogP contribution in [0.25, 0.3) is 0 Å². The summed E-state index contributed by atoms with van der Waals surface area (Å²) in [5.41, 5.74) is 1.26. The number of morpholine rings is 1. The minimum absolute atomic E-state index is 0.150. The number of hydrogen-bond donors (Lipinski definition) is 0. The Bertz CT molecular complexity index is 449. The van der Waals surface area contributed by atoms with Gasteiger partial charge in [0.15, 0.2) is 0 Å². The normalized spacial score (nSPS) is 26.9. The van der Waals surface area contributed by atoms with Gasteiger partial charge in [-0.25, -0.2) is 0 Å². The summed E-state index contributed by atoms with van der Waals surface area (Å²) in [7, 11) is 0. The molecule has 0 N–H and O–H groups in total. The highest BCUT2D eigenvalue weighted by Gasteiger charge is 2.45. The molecule has 2 unspecified atom stereocenters. The van der Waals surface area contributed by atoms with Gasteiger partial charge < -0.3 is 9.64 Å². The molecular weight excluding hydrogens is 282 g/mol. The second-order valence-electron chi connectivity index (χ2n) is 4.62. The summed E-state index contributed by atoms with van der Waals surface area (Å²) >= 11 is 3.46. The van der Waals surface area contributed by atoms with Gasteiger partial charge in [0.1, 0.15) is 6.10 Å². The summed E-state index contributed by atoms with van der Waals surface area (Å²) in [5, 5.41) is 0. The van der Waals surface area contributed by atoms with Crippen molar-refractivity contribution in [1.29, 1.82) is 0 Å². The van der Waals surface area contributed by atoms with Gasteiger partial charge in [-0.05, 0) is 24.1 Å². The molecule has 90 valence electrons. The van der Waals surface area contributed by atoms with Gasteiger partial charge in [0.2, 0.25) is 0 Å². The Morgan fingerprint density at radius 1 is 1.47 bits per heavy atom. The Balaban J connectivity index is 1.63. The number of nitrogens with zero attached hydrogens (tertiary/aromatic N) is 1. The first-order chi connectivity index (χ1) is 8.24. The lowest BCUT2D eigenvalue weighted by Gasteiger charge is -2.26. The topological polar surface area (TPSA) is 29.5 Å². The van der Waals surface area contributed by atoms with Crippen LogP contribution in [0.4, 0.5) is 0 Å². The molecule has 4 heteroatoms. The molecule has 0 spiro atoms. The SMILES string of the molecule is O=C1C2CC(CO2)N1CCc1cccc(Br)c1. The molecule has 2 fully saturated rings. The van der Waals surface area contributed by atoms with Gasteiger partial charge in [0.05, 0.1) is 12.6 Å². The molecule has 0 saturated carbocycles. The van der Waals surface area contributed by atoms with Crippen LogP contribution < -0.4 is 0 Å². The van der Waals surface area contributed by atoms with Crippen molar-refractivity contribution in [3.63, 3.8) is 0 Å². The van der Waals surface area contributed by atoms with Gasteiger partial charge >= 0.3 is 0 Å². The van der Waals surface area contributed by atoms with Crippen LogP contribution in [0.5, 0.6) is 0 Å². The summed E-state index contributed by atoms with van der Waals surface area (Å²) < 4.78 is 6.46. The van der Waals surface area contributed by atoms with Gasteiger partial charge in [-0.1, -0.05) is 28.1 Å². The van der Waals surface area contributed by atoms with E-state index >= 15 is 0 Å². The summed E-state index contributed by atoms with van der Waals surface area (Å²) in [6, 6.07) is 8.57. The smallest absolute Gasteiger partial charge is 0.252 e. The lowest BCUT2D eigenvalue weighted by Crippen LogP contribution is -2.42. The van der Waals surface area contributed by atoms with Crippen LogP contribution in [0.3, 0.4) is 0 Å². The van der Waals surface area contributed by atoms with E-state index in [1.54, 1.807) is 0 Å². The fourth-order valence-corrected chi connectivity index (χ4v) is 3.05. The molecule has 2 aliphatic rings. The third-order valence-electron chi connectivity index (χ3n) is 3.51. The largest absolute Gasteiger partial charge is 0.366 e. The molecule has 2 bridgehead atoms. The highest BCUT2D eigenvalue weighted by Crippen LogP contribution is 2.29. The lowest BCUT2D eigenvalue weighted by atomic mass is 10.1. The number of fused-ring (bicyclic) bond motifs is 2. The minimum Gasteiger partial charge on any atom is -0.366 e. The molecule has 0 radical (unpaired) electrons. The van der Waals surface area contributed by atoms with Crippen molar-refractivity contribution in [3.8, 4) is 0 Å². The van der Waals surface area contributed by atoms with E-state index in [1.165, 1.54) is 5.56 Å². The van der Waals surface area contributed by atoms with Crippen molar-refractivity contribution in [2.45, 2.75) is 25.0 Å². The molecule has 1 aromatic rings. The second-order valence-corrected chi connectivity index (χ2v) is 5.54. The molecule has 2 atom stereocenters. The Morgan fingerprint density at radius 3 is 3.06 bits per heavy atom. The van der Waals surface area contributed by atoms with E-state index in [-0.39, 0.29) is 12.0 Å². The van der Waals surface area contributed by atoms with Crippen LogP contribution in [0.15, 0.2) is 28.7 Å². The predicted octanol–water partition coefficient (Wildman–Crippen LogP) is 1.99. The molecular formula is C13H14BrNO2. The molecule has 17 heavy (non-hydrogen) atoms. The van der Waals surface area contributed by atoms with Crippen molar-refractivity contribution in [1.82, 2.24) is 4.90 Å². The quantitative estimate of drug-likeness (QED) is 0.854. The first kappa shape index (κ1) is 11.2. The number of amides is 1. The highest BCUT2D eigenvalue weighted by atomic mass is 79.9. The first-order valence-electron chi connectivity index (χ1n) is 5.90. The fraction of sp³-hybridized carbons (Fsp3) is 0.462. The molecule has 0 aromatic heterocycles. The number of benzene rings is 1. The van der Waals surface area contributed by atoms with Gasteiger partial charge in [0.25, 0.3) is 5.91 Å². The molecule has 1 aromatic carbocycles. The summed E-state index contributed by atoms with van der Waals surface area (Å²) in [6.45, 7) is 1.52. The molecule has 0 aliphatic carbocycles. The standard InChI is InChI=1S/C13H14BrNO2/c14-10-3-1-2-9(6-10)4-5-15-11-7-12(13(15)16)17-8-11/h1-3,6,11-12H,4-5,7-8H2. The second kappa shape index (κ2) is 4.42. The number of ether oxygens (including phenoxy) is 1. The Labute approximate surface area is 109 Å². The average Bonchev–Trinajstić information content (AvgIpc) is 2.88. The van der Waals surface area contributed by atoms with Crippen LogP contribution in [0.1, 0.15) is 12.0 Å². The predicted molar refractivity (Wildman–Crippen MR) is 67.7 cm³/mol. The van der Waals surface area contributed by atoms with Crippen LogP contribution >= 0.6 is 15.9 Å². The number of likely N-dealkylation sites (tertiary alicyclic amines) is 1. The lowest BCUT2D eigenvalue weighted by molar-refractivity contribution is -0.143. The van der Waals surface area contributed by atoms with E-state index in [4.69, 9.17) is 4.74 Å². The Kier molecular flexibility index (Phi) is 2.92. The van der Waals surface area contributed by atoms with Gasteiger partial charge in [-0.3, -0.25) is 4.79 Å². The summed E-state index contributed by atoms with van der Waals surface area (Å²) in [5.74, 6) is 0.177. The molecule has 2 saturated heterocycles. The van der Waals surface area contributed by atoms with E-state index < -0.39 is 0 Å². The van der Waals surface area contributed by atoms with Crippen LogP contribution in [0.2, 0.25) is 0 Å². The molecule has 3 nitrogen and oxygen atoms in total. The van der Waals surface area contributed by atoms with Gasteiger partial charge in [-0.2, -0.15) is 0 Å². The van der Waals surface area contributed by atoms with Crippen LogP contribution in [-0.4, -0.2) is 36.1 Å². The van der Waals surface area contributed by atoms with Crippen molar-refractivity contribution in [2.75, 3.05) is 13.2 Å². The average molecular weight is 296 g/mol. The number of rotatable bonds is 3. The van der Waals surface area contributed by atoms with E-state index in [0.29, 0.717) is 6.04 Å². The maximum Gasteiger partial charge on any atom is 0.252 e. The van der Waals surface area contributed by atoms with Crippen molar-refractivity contribution < 1.29 is 9.53 Å². The Hall–Kier alpha value is -0.870. The van der Waals surface area contributed by atoms with E-state index in [1.807, 2.05) is 17.0 Å². The molecule has 1 amide bonds. The first-order valence-corrected chi connectivity index (χ1v) is 6.70. The van der Waals surface area contributed by atoms with E-state index in [0.717, 1.165) is 30.5 Å². The fourth-order valence-electron chi connectivity index (χ4n) is 2.60. The molecule has 2 aliphatic heterocycles. The number of halogens is 1. The zero-order valence-electron chi connectivity index (χ0n) is 9.43. The third-order valence-corrected chi connectivity index (χ3v) is 4.00. The minimum atomic E-state index is -0.150. The van der Waals surface area contributed by atoms with Gasteiger partial charge in [-0.15, -0.1) is 0 Å². The van der Waals surface area contributed by atoms with E-state index in [9.17, 15) is 4.79 Å². The van der Waals surface area contributed by atoms with Crippen molar-refractivity contribution in [2.24, 2.45) is 0 Å². The highest BCUT2D eigenvalue weighted by molar-refractivity contribution is 9.10. The maximum absolute atomic E-state index is 11.8. The number of hydrogen-bond acceptors (Lipinski definition) is 2. The zero-order valence-corrected chi connectivity index (χ0v) is 11.0. The summed E-state index contributed by atoms with van der Waals surface area (Å²) in [4.78, 5) is 13.8. The Morgan fingerprint density at radius 2 is 2.35 bits per heavy atom. The van der Waals surface area contributed by atoms with E-state index in [2.05, 4.69) is 28.1 Å². The summed E-state index contributed by atoms with van der Waals surface area (Å²) in [6.07, 6.45) is 1.65. The maximum atomic E-state index is 11.8. The zero-order chi connectivity index (χ0) is 11.8. The third kappa shape index (κ3) is 2.11. The molecule has 2 heterocycles. The monoisotopic (exact) mass is 295 g/mol. The van der Waals surface area contributed by atoms with Crippen LogP contribution in [-0.2, 0) is 16.0 Å². The number of carbonyl (C=O) groups is 1. The molecule has 3 rings (SSSR count).